The summed E-state index contributed by atoms with van der Waals surface area (Å²) in [6, 6.07) is 14.7. The lowest BCUT2D eigenvalue weighted by Crippen LogP contribution is -1.92. The lowest BCUT2D eigenvalue weighted by Gasteiger charge is -2.02. The van der Waals surface area contributed by atoms with E-state index in [1.807, 2.05) is 0 Å². The zero-order valence-electron chi connectivity index (χ0n) is 11.9. The van der Waals surface area contributed by atoms with Crippen LogP contribution >= 0.6 is 11.3 Å². The molecule has 0 spiro atoms. The van der Waals surface area contributed by atoms with E-state index in [1.165, 1.54) is 15.8 Å². The Morgan fingerprint density at radius 1 is 0.950 bits per heavy atom. The molecule has 2 heteroatoms. The summed E-state index contributed by atoms with van der Waals surface area (Å²) in [4.78, 5) is 13.2. The first-order valence-corrected chi connectivity index (χ1v) is 7.49. The predicted octanol–water partition coefficient (Wildman–Crippen LogP) is 5.39. The number of ketones is 1. The number of Topliss-reactive ketones (excluding diaryl/α,β-unsaturated/α-hetero) is 1. The van der Waals surface area contributed by atoms with Crippen molar-refractivity contribution in [3.63, 3.8) is 0 Å². The molecule has 0 saturated carbocycles. The molecule has 100 valence electrons. The molecule has 1 nitrogen and oxygen atoms in total. The van der Waals surface area contributed by atoms with Gasteiger partial charge in [0.2, 0.25) is 0 Å². The van der Waals surface area contributed by atoms with E-state index in [1.54, 1.807) is 18.3 Å². The standard InChI is InChI=1S/C18H16OS/c1-11-4-7-14(8-5-11)18-17(13(3)19)15-9-6-12(2)10-16(15)20-18/h4-10H,1-3H3. The molecule has 0 radical (unpaired) electrons. The van der Waals surface area contributed by atoms with Crippen molar-refractivity contribution in [3.8, 4) is 10.4 Å². The van der Waals surface area contributed by atoms with Gasteiger partial charge in [-0.15, -0.1) is 11.3 Å². The van der Waals surface area contributed by atoms with Gasteiger partial charge in [0.25, 0.3) is 0 Å². The summed E-state index contributed by atoms with van der Waals surface area (Å²) in [5.74, 6) is 0.135. The smallest absolute Gasteiger partial charge is 0.161 e. The van der Waals surface area contributed by atoms with Crippen LogP contribution in [0.3, 0.4) is 0 Å². The molecule has 1 aromatic heterocycles. The highest BCUT2D eigenvalue weighted by Crippen LogP contribution is 2.39. The Labute approximate surface area is 122 Å². The van der Waals surface area contributed by atoms with Crippen molar-refractivity contribution in [1.82, 2.24) is 0 Å². The van der Waals surface area contributed by atoms with Crippen LogP contribution in [-0.4, -0.2) is 5.78 Å². The summed E-state index contributed by atoms with van der Waals surface area (Å²) in [7, 11) is 0. The number of rotatable bonds is 2. The van der Waals surface area contributed by atoms with E-state index in [-0.39, 0.29) is 5.78 Å². The van der Waals surface area contributed by atoms with E-state index in [4.69, 9.17) is 0 Å². The molecule has 0 atom stereocenters. The van der Waals surface area contributed by atoms with Crippen LogP contribution in [0.5, 0.6) is 0 Å². The molecule has 0 aliphatic rings. The van der Waals surface area contributed by atoms with E-state index in [2.05, 4.69) is 56.3 Å². The molecular formula is C18H16OS. The van der Waals surface area contributed by atoms with Crippen LogP contribution in [0.4, 0.5) is 0 Å². The van der Waals surface area contributed by atoms with Gasteiger partial charge in [-0.2, -0.15) is 0 Å². The molecular weight excluding hydrogens is 264 g/mol. The molecule has 3 aromatic rings. The van der Waals surface area contributed by atoms with Crippen LogP contribution < -0.4 is 0 Å². The van der Waals surface area contributed by atoms with Gasteiger partial charge in [-0.3, -0.25) is 4.79 Å². The predicted molar refractivity (Wildman–Crippen MR) is 86.7 cm³/mol. The normalized spacial score (nSPS) is 10.9. The topological polar surface area (TPSA) is 17.1 Å². The zero-order chi connectivity index (χ0) is 14.3. The second-order valence-corrected chi connectivity index (χ2v) is 6.28. The lowest BCUT2D eigenvalue weighted by molar-refractivity contribution is 0.102. The van der Waals surface area contributed by atoms with Crippen LogP contribution in [0.2, 0.25) is 0 Å². The number of hydrogen-bond donors (Lipinski definition) is 0. The van der Waals surface area contributed by atoms with Gasteiger partial charge in [0.15, 0.2) is 5.78 Å². The van der Waals surface area contributed by atoms with E-state index in [0.29, 0.717) is 0 Å². The minimum Gasteiger partial charge on any atom is -0.294 e. The third kappa shape index (κ3) is 2.16. The van der Waals surface area contributed by atoms with Crippen molar-refractivity contribution >= 4 is 27.2 Å². The fraction of sp³-hybridized carbons (Fsp3) is 0.167. The summed E-state index contributed by atoms with van der Waals surface area (Å²) in [6.45, 7) is 5.81. The van der Waals surface area contributed by atoms with Gasteiger partial charge in [0.05, 0.1) is 0 Å². The Morgan fingerprint density at radius 2 is 1.60 bits per heavy atom. The maximum atomic E-state index is 12.1. The van der Waals surface area contributed by atoms with E-state index in [0.717, 1.165) is 21.4 Å². The number of fused-ring (bicyclic) bond motifs is 1. The Balaban J connectivity index is 2.31. The van der Waals surface area contributed by atoms with E-state index < -0.39 is 0 Å². The first-order valence-electron chi connectivity index (χ1n) is 6.67. The van der Waals surface area contributed by atoms with E-state index in [9.17, 15) is 4.79 Å². The third-order valence-electron chi connectivity index (χ3n) is 3.51. The van der Waals surface area contributed by atoms with Crippen LogP contribution in [0, 0.1) is 13.8 Å². The first-order chi connectivity index (χ1) is 9.56. The van der Waals surface area contributed by atoms with Gasteiger partial charge in [-0.05, 0) is 38.0 Å². The van der Waals surface area contributed by atoms with Crippen LogP contribution in [0.15, 0.2) is 42.5 Å². The number of aryl methyl sites for hydroxylation is 2. The Kier molecular flexibility index (Phi) is 3.19. The molecule has 0 aliphatic carbocycles. The fourth-order valence-electron chi connectivity index (χ4n) is 2.46. The number of hydrogen-bond acceptors (Lipinski definition) is 2. The molecule has 1 heterocycles. The van der Waals surface area contributed by atoms with Crippen molar-refractivity contribution in [2.75, 3.05) is 0 Å². The van der Waals surface area contributed by atoms with Crippen molar-refractivity contribution < 1.29 is 4.79 Å². The number of carbonyl (C=O) groups excluding carboxylic acids is 1. The summed E-state index contributed by atoms with van der Waals surface area (Å²) in [6.07, 6.45) is 0. The first kappa shape index (κ1) is 13.1. The lowest BCUT2D eigenvalue weighted by atomic mass is 10.0. The second-order valence-electron chi connectivity index (χ2n) is 5.23. The highest BCUT2D eigenvalue weighted by atomic mass is 32.1. The SMILES string of the molecule is CC(=O)c1c(-c2ccc(C)cc2)sc2cc(C)ccc12. The van der Waals surface area contributed by atoms with E-state index >= 15 is 0 Å². The van der Waals surface area contributed by atoms with Crippen LogP contribution in [0.25, 0.3) is 20.5 Å². The molecule has 0 fully saturated rings. The summed E-state index contributed by atoms with van der Waals surface area (Å²) in [5.41, 5.74) is 4.44. The molecule has 2 aromatic carbocycles. The van der Waals surface area contributed by atoms with Crippen LogP contribution in [0.1, 0.15) is 28.4 Å². The monoisotopic (exact) mass is 280 g/mol. The Hall–Kier alpha value is -1.93. The number of benzene rings is 2. The average Bonchev–Trinajstić information content (AvgIpc) is 2.77. The van der Waals surface area contributed by atoms with Gasteiger partial charge < -0.3 is 0 Å². The molecule has 0 saturated heterocycles. The molecule has 3 rings (SSSR count). The zero-order valence-corrected chi connectivity index (χ0v) is 12.7. The molecule has 0 amide bonds. The number of carbonyl (C=O) groups is 1. The minimum absolute atomic E-state index is 0.135. The van der Waals surface area contributed by atoms with Crippen molar-refractivity contribution in [1.29, 1.82) is 0 Å². The van der Waals surface area contributed by atoms with Crippen molar-refractivity contribution in [2.24, 2.45) is 0 Å². The van der Waals surface area contributed by atoms with Gasteiger partial charge in [0.1, 0.15) is 0 Å². The van der Waals surface area contributed by atoms with Crippen molar-refractivity contribution in [2.45, 2.75) is 20.8 Å². The average molecular weight is 280 g/mol. The molecule has 0 bridgehead atoms. The highest BCUT2D eigenvalue weighted by molar-refractivity contribution is 7.22. The number of thiophene rings is 1. The Bertz CT molecular complexity index is 794. The maximum Gasteiger partial charge on any atom is 0.161 e. The van der Waals surface area contributed by atoms with Crippen molar-refractivity contribution in [3.05, 3.63) is 59.2 Å². The summed E-state index contributed by atoms with van der Waals surface area (Å²) >= 11 is 1.70. The van der Waals surface area contributed by atoms with Gasteiger partial charge >= 0.3 is 0 Å². The molecule has 0 unspecified atom stereocenters. The quantitative estimate of drug-likeness (QED) is 0.575. The van der Waals surface area contributed by atoms with Crippen LogP contribution in [-0.2, 0) is 0 Å². The summed E-state index contributed by atoms with van der Waals surface area (Å²) < 4.78 is 1.19. The second kappa shape index (κ2) is 4.88. The van der Waals surface area contributed by atoms with Gasteiger partial charge in [0, 0.05) is 20.5 Å². The minimum atomic E-state index is 0.135. The highest BCUT2D eigenvalue weighted by Gasteiger charge is 2.17. The van der Waals surface area contributed by atoms with Gasteiger partial charge in [-0.1, -0.05) is 42.0 Å². The fourth-order valence-corrected chi connectivity index (χ4v) is 3.82. The maximum absolute atomic E-state index is 12.1. The largest absolute Gasteiger partial charge is 0.294 e. The van der Waals surface area contributed by atoms with Gasteiger partial charge in [-0.25, -0.2) is 0 Å². The molecule has 0 N–H and O–H groups in total. The summed E-state index contributed by atoms with van der Waals surface area (Å²) in [5, 5.41) is 1.07. The molecule has 20 heavy (non-hydrogen) atoms. The Morgan fingerprint density at radius 3 is 2.25 bits per heavy atom. The third-order valence-corrected chi connectivity index (χ3v) is 4.71. The molecule has 0 aliphatic heterocycles.